The van der Waals surface area contributed by atoms with Crippen LogP contribution >= 0.6 is 0 Å². The van der Waals surface area contributed by atoms with Crippen LogP contribution in [-0.2, 0) is 10.0 Å². The summed E-state index contributed by atoms with van der Waals surface area (Å²) < 4.78 is 22.6. The first kappa shape index (κ1) is 14.7. The smallest absolute Gasteiger partial charge is 0.239 e. The van der Waals surface area contributed by atoms with E-state index in [4.69, 9.17) is 5.14 Å². The van der Waals surface area contributed by atoms with Gasteiger partial charge in [0.25, 0.3) is 0 Å². The molecule has 0 radical (unpaired) electrons. The van der Waals surface area contributed by atoms with Crippen molar-refractivity contribution in [2.24, 2.45) is 5.14 Å². The molecule has 0 amide bonds. The Hall–Kier alpha value is -1.18. The summed E-state index contributed by atoms with van der Waals surface area (Å²) in [5, 5.41) is 8.75. The number of fused-ring (bicyclic) bond motifs is 2. The molecule has 0 aliphatic carbocycles. The van der Waals surface area contributed by atoms with Crippen LogP contribution in [0.4, 0.5) is 5.82 Å². The maximum absolute atomic E-state index is 11.3. The number of hydrogen-bond donors (Lipinski definition) is 2. The molecule has 116 valence electrons. The first-order valence-corrected chi connectivity index (χ1v) is 9.03. The quantitative estimate of drug-likeness (QED) is 0.860. The molecule has 2 aliphatic rings. The van der Waals surface area contributed by atoms with Gasteiger partial charge in [-0.25, -0.2) is 18.5 Å². The fourth-order valence-electron chi connectivity index (χ4n) is 3.60. The third-order valence-electron chi connectivity index (χ3n) is 4.57. The summed E-state index contributed by atoms with van der Waals surface area (Å²) in [6.45, 7) is 2.98. The molecule has 2 aliphatic heterocycles. The number of anilines is 1. The van der Waals surface area contributed by atoms with Crippen molar-refractivity contribution in [3.8, 4) is 0 Å². The first-order valence-electron chi connectivity index (χ1n) is 7.49. The van der Waals surface area contributed by atoms with E-state index in [2.05, 4.69) is 22.1 Å². The Labute approximate surface area is 125 Å². The van der Waals surface area contributed by atoms with Crippen molar-refractivity contribution in [1.29, 1.82) is 0 Å². The lowest BCUT2D eigenvalue weighted by molar-refractivity contribution is 0.348. The van der Waals surface area contributed by atoms with Gasteiger partial charge < -0.3 is 10.2 Å². The molecule has 3 heterocycles. The van der Waals surface area contributed by atoms with Gasteiger partial charge in [-0.2, -0.15) is 0 Å². The minimum atomic E-state index is -3.68. The summed E-state index contributed by atoms with van der Waals surface area (Å²) in [6.07, 6.45) is 6.13. The molecule has 21 heavy (non-hydrogen) atoms. The van der Waals surface area contributed by atoms with Crippen molar-refractivity contribution in [3.63, 3.8) is 0 Å². The summed E-state index contributed by atoms with van der Waals surface area (Å²) >= 11 is 0. The highest BCUT2D eigenvalue weighted by Crippen LogP contribution is 2.31. The average molecular weight is 310 g/mol. The van der Waals surface area contributed by atoms with E-state index in [1.807, 2.05) is 0 Å². The zero-order valence-corrected chi connectivity index (χ0v) is 13.0. The number of aromatic nitrogens is 1. The van der Waals surface area contributed by atoms with Gasteiger partial charge in [0.1, 0.15) is 10.7 Å². The molecule has 0 spiro atoms. The molecule has 0 aromatic carbocycles. The minimum absolute atomic E-state index is 0.0627. The number of nitrogens with two attached hydrogens (primary N) is 1. The number of primary sulfonamides is 1. The lowest BCUT2D eigenvalue weighted by Gasteiger charge is -2.38. The molecule has 2 bridgehead atoms. The second-order valence-electron chi connectivity index (χ2n) is 5.95. The highest BCUT2D eigenvalue weighted by molar-refractivity contribution is 7.89. The van der Waals surface area contributed by atoms with E-state index < -0.39 is 10.0 Å². The number of pyridine rings is 1. The monoisotopic (exact) mass is 310 g/mol. The van der Waals surface area contributed by atoms with Gasteiger partial charge in [0.2, 0.25) is 10.0 Å². The molecule has 6 nitrogen and oxygen atoms in total. The van der Waals surface area contributed by atoms with Gasteiger partial charge in [-0.05, 0) is 44.7 Å². The Morgan fingerprint density at radius 1 is 1.33 bits per heavy atom. The number of sulfonamides is 1. The van der Waals surface area contributed by atoms with E-state index in [1.54, 1.807) is 6.07 Å². The molecule has 1 aromatic heterocycles. The molecule has 2 atom stereocenters. The first-order chi connectivity index (χ1) is 9.97. The topological polar surface area (TPSA) is 88.3 Å². The zero-order valence-electron chi connectivity index (χ0n) is 12.2. The third-order valence-corrected chi connectivity index (χ3v) is 5.47. The summed E-state index contributed by atoms with van der Waals surface area (Å²) in [5.41, 5.74) is 0. The molecule has 1 aromatic rings. The van der Waals surface area contributed by atoms with Crippen LogP contribution in [0.5, 0.6) is 0 Å². The Kier molecular flexibility index (Phi) is 3.90. The van der Waals surface area contributed by atoms with Gasteiger partial charge in [-0.15, -0.1) is 0 Å². The van der Waals surface area contributed by atoms with Gasteiger partial charge in [-0.3, -0.25) is 0 Å². The van der Waals surface area contributed by atoms with E-state index in [9.17, 15) is 8.42 Å². The predicted octanol–water partition coefficient (Wildman–Crippen LogP) is 0.838. The van der Waals surface area contributed by atoms with Crippen molar-refractivity contribution >= 4 is 15.8 Å². The highest BCUT2D eigenvalue weighted by atomic mass is 32.2. The highest BCUT2D eigenvalue weighted by Gasteiger charge is 2.36. The van der Waals surface area contributed by atoms with Crippen LogP contribution in [-0.4, -0.2) is 38.1 Å². The van der Waals surface area contributed by atoms with Gasteiger partial charge >= 0.3 is 0 Å². The summed E-state index contributed by atoms with van der Waals surface area (Å²) in [6, 6.07) is 5.00. The largest absolute Gasteiger partial charge is 0.354 e. The molecule has 2 fully saturated rings. The van der Waals surface area contributed by atoms with E-state index >= 15 is 0 Å². The Balaban J connectivity index is 1.80. The number of hydrogen-bond acceptors (Lipinski definition) is 5. The van der Waals surface area contributed by atoms with Gasteiger partial charge in [0, 0.05) is 30.9 Å². The number of rotatable bonds is 4. The zero-order chi connectivity index (χ0) is 15.0. The second-order valence-corrected chi connectivity index (χ2v) is 7.51. The molecule has 2 saturated heterocycles. The van der Waals surface area contributed by atoms with Crippen LogP contribution in [0.3, 0.4) is 0 Å². The van der Waals surface area contributed by atoms with Crippen LogP contribution in [0, 0.1) is 0 Å². The van der Waals surface area contributed by atoms with Gasteiger partial charge in [0.15, 0.2) is 0 Å². The fourth-order valence-corrected chi connectivity index (χ4v) is 4.06. The fraction of sp³-hybridized carbons (Fsp3) is 0.643. The molecule has 3 N–H and O–H groups in total. The van der Waals surface area contributed by atoms with Crippen molar-refractivity contribution < 1.29 is 8.42 Å². The Morgan fingerprint density at radius 3 is 2.48 bits per heavy atom. The Bertz CT molecular complexity index is 590. The maximum atomic E-state index is 11.3. The lowest BCUT2D eigenvalue weighted by Crippen LogP contribution is -2.48. The molecule has 3 rings (SSSR count). The number of nitrogens with zero attached hydrogens (tertiary/aromatic N) is 2. The van der Waals surface area contributed by atoms with Crippen LogP contribution in [0.25, 0.3) is 0 Å². The minimum Gasteiger partial charge on any atom is -0.354 e. The van der Waals surface area contributed by atoms with Crippen LogP contribution in [0.1, 0.15) is 32.6 Å². The van der Waals surface area contributed by atoms with Gasteiger partial charge in [-0.1, -0.05) is 0 Å². The number of nitrogens with one attached hydrogen (secondary N) is 1. The standard InChI is InChI=1S/C14H22N4O2S/c1-2-18(12-7-10-3-4-11(8-12)17-10)14-6-5-13(9-16-14)21(15,19)20/h5-6,9-12,17H,2-4,7-8H2,1H3,(H2,15,19,20). The predicted molar refractivity (Wildman–Crippen MR) is 81.6 cm³/mol. The number of piperidine rings is 1. The van der Waals surface area contributed by atoms with E-state index in [-0.39, 0.29) is 4.90 Å². The van der Waals surface area contributed by atoms with Crippen LogP contribution in [0.2, 0.25) is 0 Å². The van der Waals surface area contributed by atoms with E-state index in [0.29, 0.717) is 18.1 Å². The molecular formula is C14H22N4O2S. The van der Waals surface area contributed by atoms with Crippen LogP contribution in [0.15, 0.2) is 23.2 Å². The summed E-state index contributed by atoms with van der Waals surface area (Å²) in [5.74, 6) is 0.830. The average Bonchev–Trinajstić information content (AvgIpc) is 2.78. The molecule has 7 heteroatoms. The van der Waals surface area contributed by atoms with Crippen molar-refractivity contribution in [3.05, 3.63) is 18.3 Å². The van der Waals surface area contributed by atoms with Gasteiger partial charge in [0.05, 0.1) is 0 Å². The van der Waals surface area contributed by atoms with Crippen LogP contribution < -0.4 is 15.4 Å². The van der Waals surface area contributed by atoms with Crippen molar-refractivity contribution in [2.45, 2.75) is 55.6 Å². The molecule has 0 saturated carbocycles. The van der Waals surface area contributed by atoms with Crippen molar-refractivity contribution in [1.82, 2.24) is 10.3 Å². The maximum Gasteiger partial charge on any atom is 0.239 e. The SMILES string of the molecule is CCN(c1ccc(S(N)(=O)=O)cn1)C1CC2CCC(C1)N2. The molecule has 2 unspecified atom stereocenters. The normalized spacial score (nSPS) is 28.6. The third kappa shape index (κ3) is 3.04. The van der Waals surface area contributed by atoms with Crippen molar-refractivity contribution in [2.75, 3.05) is 11.4 Å². The summed E-state index contributed by atoms with van der Waals surface area (Å²) in [7, 11) is -3.68. The Morgan fingerprint density at radius 2 is 2.00 bits per heavy atom. The van der Waals surface area contributed by atoms with E-state index in [1.165, 1.54) is 25.1 Å². The molecular weight excluding hydrogens is 288 g/mol. The second kappa shape index (κ2) is 5.55. The lowest BCUT2D eigenvalue weighted by atomic mass is 9.98. The summed E-state index contributed by atoms with van der Waals surface area (Å²) in [4.78, 5) is 6.65. The van der Waals surface area contributed by atoms with E-state index in [0.717, 1.165) is 25.2 Å².